The molecule has 2 heterocycles. The summed E-state index contributed by atoms with van der Waals surface area (Å²) >= 11 is 0. The lowest BCUT2D eigenvalue weighted by Gasteiger charge is -2.19. The number of aromatic nitrogens is 1. The van der Waals surface area contributed by atoms with Crippen LogP contribution in [0.15, 0.2) is 24.5 Å². The molecule has 0 bridgehead atoms. The fourth-order valence-electron chi connectivity index (χ4n) is 2.78. The van der Waals surface area contributed by atoms with Gasteiger partial charge in [-0.1, -0.05) is 13.0 Å². The predicted octanol–water partition coefficient (Wildman–Crippen LogP) is 2.95. The van der Waals surface area contributed by atoms with Gasteiger partial charge in [-0.15, -0.1) is 0 Å². The Morgan fingerprint density at radius 1 is 1.47 bits per heavy atom. The maximum atomic E-state index is 5.71. The second-order valence-electron chi connectivity index (χ2n) is 5.37. The molecule has 2 unspecified atom stereocenters. The minimum absolute atomic E-state index is 0.513. The average molecular weight is 262 g/mol. The van der Waals surface area contributed by atoms with E-state index in [4.69, 9.17) is 4.74 Å². The summed E-state index contributed by atoms with van der Waals surface area (Å²) in [5.41, 5.74) is 1.34. The molecular weight excluding hydrogens is 236 g/mol. The van der Waals surface area contributed by atoms with Crippen LogP contribution in [-0.2, 0) is 11.2 Å². The van der Waals surface area contributed by atoms with E-state index in [0.29, 0.717) is 12.1 Å². The van der Waals surface area contributed by atoms with Crippen molar-refractivity contribution < 1.29 is 4.74 Å². The summed E-state index contributed by atoms with van der Waals surface area (Å²) in [6, 6.07) is 4.79. The molecule has 1 aliphatic heterocycles. The first-order chi connectivity index (χ1) is 9.38. The van der Waals surface area contributed by atoms with Gasteiger partial charge in [0.05, 0.1) is 6.10 Å². The van der Waals surface area contributed by atoms with Gasteiger partial charge in [0.25, 0.3) is 0 Å². The van der Waals surface area contributed by atoms with Crippen molar-refractivity contribution in [2.45, 2.75) is 57.6 Å². The SMILES string of the molecule is CCNC(CCc1cccnc1)CCC1CCCO1. The molecule has 3 heteroatoms. The van der Waals surface area contributed by atoms with Gasteiger partial charge < -0.3 is 10.1 Å². The van der Waals surface area contributed by atoms with Crippen LogP contribution in [0.4, 0.5) is 0 Å². The maximum Gasteiger partial charge on any atom is 0.0576 e. The molecule has 0 radical (unpaired) electrons. The first kappa shape index (κ1) is 14.5. The van der Waals surface area contributed by atoms with Gasteiger partial charge in [-0.2, -0.15) is 0 Å². The molecule has 106 valence electrons. The third-order valence-electron chi connectivity index (χ3n) is 3.86. The predicted molar refractivity (Wildman–Crippen MR) is 78.2 cm³/mol. The van der Waals surface area contributed by atoms with E-state index in [1.807, 2.05) is 18.5 Å². The number of ether oxygens (including phenoxy) is 1. The highest BCUT2D eigenvalue weighted by Gasteiger charge is 2.17. The molecule has 1 aromatic rings. The highest BCUT2D eigenvalue weighted by Crippen LogP contribution is 2.19. The van der Waals surface area contributed by atoms with Crippen LogP contribution >= 0.6 is 0 Å². The van der Waals surface area contributed by atoms with Crippen LogP contribution in [0.2, 0.25) is 0 Å². The molecular formula is C16H26N2O. The van der Waals surface area contributed by atoms with Crippen molar-refractivity contribution in [1.29, 1.82) is 0 Å². The van der Waals surface area contributed by atoms with Crippen LogP contribution in [0.3, 0.4) is 0 Å². The topological polar surface area (TPSA) is 34.2 Å². The van der Waals surface area contributed by atoms with Crippen molar-refractivity contribution in [3.8, 4) is 0 Å². The molecule has 0 aromatic carbocycles. The number of hydrogen-bond donors (Lipinski definition) is 1. The minimum atomic E-state index is 0.513. The number of aryl methyl sites for hydroxylation is 1. The van der Waals surface area contributed by atoms with E-state index in [1.165, 1.54) is 37.7 Å². The van der Waals surface area contributed by atoms with Gasteiger partial charge in [0, 0.05) is 25.0 Å². The van der Waals surface area contributed by atoms with Crippen LogP contribution in [0.25, 0.3) is 0 Å². The van der Waals surface area contributed by atoms with Gasteiger partial charge in [-0.05, 0) is 56.7 Å². The highest BCUT2D eigenvalue weighted by molar-refractivity contribution is 5.08. The molecule has 0 spiro atoms. The molecule has 0 aliphatic carbocycles. The number of pyridine rings is 1. The molecule has 1 aliphatic rings. The van der Waals surface area contributed by atoms with Crippen molar-refractivity contribution >= 4 is 0 Å². The van der Waals surface area contributed by atoms with E-state index < -0.39 is 0 Å². The first-order valence-corrected chi connectivity index (χ1v) is 7.62. The van der Waals surface area contributed by atoms with E-state index in [-0.39, 0.29) is 0 Å². The number of hydrogen-bond acceptors (Lipinski definition) is 3. The zero-order valence-electron chi connectivity index (χ0n) is 12.0. The summed E-state index contributed by atoms with van der Waals surface area (Å²) < 4.78 is 5.71. The number of nitrogens with zero attached hydrogens (tertiary/aromatic N) is 1. The standard InChI is InChI=1S/C16H26N2O/c1-2-18-15(9-10-16-6-4-12-19-16)8-7-14-5-3-11-17-13-14/h3,5,11,13,15-16,18H,2,4,6-10,12H2,1H3. The van der Waals surface area contributed by atoms with E-state index in [1.54, 1.807) is 0 Å². The summed E-state index contributed by atoms with van der Waals surface area (Å²) in [4.78, 5) is 4.18. The van der Waals surface area contributed by atoms with Crippen LogP contribution in [0, 0.1) is 0 Å². The van der Waals surface area contributed by atoms with Crippen LogP contribution in [0.1, 0.15) is 44.6 Å². The van der Waals surface area contributed by atoms with Gasteiger partial charge in [-0.25, -0.2) is 0 Å². The minimum Gasteiger partial charge on any atom is -0.378 e. The summed E-state index contributed by atoms with van der Waals surface area (Å²) in [5.74, 6) is 0. The van der Waals surface area contributed by atoms with Gasteiger partial charge in [0.15, 0.2) is 0 Å². The summed E-state index contributed by atoms with van der Waals surface area (Å²) in [7, 11) is 0. The Morgan fingerprint density at radius 3 is 3.11 bits per heavy atom. The lowest BCUT2D eigenvalue weighted by Crippen LogP contribution is -2.30. The second-order valence-corrected chi connectivity index (χ2v) is 5.37. The molecule has 2 atom stereocenters. The normalized spacial score (nSPS) is 20.6. The zero-order valence-corrected chi connectivity index (χ0v) is 12.0. The largest absolute Gasteiger partial charge is 0.378 e. The Kier molecular flexibility index (Phi) is 6.31. The molecule has 1 saturated heterocycles. The average Bonchev–Trinajstić information content (AvgIpc) is 2.96. The summed E-state index contributed by atoms with van der Waals surface area (Å²) in [6.45, 7) is 4.19. The Morgan fingerprint density at radius 2 is 2.42 bits per heavy atom. The molecule has 1 N–H and O–H groups in total. The second kappa shape index (κ2) is 8.28. The smallest absolute Gasteiger partial charge is 0.0576 e. The van der Waals surface area contributed by atoms with Crippen molar-refractivity contribution in [3.63, 3.8) is 0 Å². The molecule has 0 saturated carbocycles. The van der Waals surface area contributed by atoms with Crippen molar-refractivity contribution in [1.82, 2.24) is 10.3 Å². The van der Waals surface area contributed by atoms with E-state index >= 15 is 0 Å². The third kappa shape index (κ3) is 5.29. The van der Waals surface area contributed by atoms with Crippen LogP contribution in [0.5, 0.6) is 0 Å². The lowest BCUT2D eigenvalue weighted by molar-refractivity contribution is 0.0993. The van der Waals surface area contributed by atoms with Crippen LogP contribution < -0.4 is 5.32 Å². The molecule has 1 fully saturated rings. The third-order valence-corrected chi connectivity index (χ3v) is 3.86. The molecule has 3 nitrogen and oxygen atoms in total. The van der Waals surface area contributed by atoms with Gasteiger partial charge in [-0.3, -0.25) is 4.98 Å². The van der Waals surface area contributed by atoms with Gasteiger partial charge in [0.1, 0.15) is 0 Å². The van der Waals surface area contributed by atoms with Crippen LogP contribution in [-0.4, -0.2) is 30.3 Å². The molecule has 0 amide bonds. The van der Waals surface area contributed by atoms with E-state index in [0.717, 1.165) is 19.6 Å². The number of rotatable bonds is 8. The summed E-state index contributed by atoms with van der Waals surface area (Å²) in [5, 5.41) is 3.60. The monoisotopic (exact) mass is 262 g/mol. The zero-order chi connectivity index (χ0) is 13.3. The van der Waals surface area contributed by atoms with Gasteiger partial charge >= 0.3 is 0 Å². The fourth-order valence-corrected chi connectivity index (χ4v) is 2.78. The number of nitrogens with one attached hydrogen (secondary N) is 1. The van der Waals surface area contributed by atoms with Gasteiger partial charge in [0.2, 0.25) is 0 Å². The van der Waals surface area contributed by atoms with Crippen molar-refractivity contribution in [2.75, 3.05) is 13.2 Å². The Bertz CT molecular complexity index is 336. The van der Waals surface area contributed by atoms with Crippen molar-refractivity contribution in [3.05, 3.63) is 30.1 Å². The van der Waals surface area contributed by atoms with Crippen molar-refractivity contribution in [2.24, 2.45) is 0 Å². The Labute approximate surface area is 116 Å². The maximum absolute atomic E-state index is 5.71. The quantitative estimate of drug-likeness (QED) is 0.782. The summed E-state index contributed by atoms with van der Waals surface area (Å²) in [6.07, 6.45) is 11.5. The lowest BCUT2D eigenvalue weighted by atomic mass is 10.00. The molecule has 2 rings (SSSR count). The fraction of sp³-hybridized carbons (Fsp3) is 0.688. The Hall–Kier alpha value is -0.930. The highest BCUT2D eigenvalue weighted by atomic mass is 16.5. The molecule has 1 aromatic heterocycles. The van der Waals surface area contributed by atoms with E-state index in [9.17, 15) is 0 Å². The first-order valence-electron chi connectivity index (χ1n) is 7.62. The Balaban J connectivity index is 1.72. The molecule has 19 heavy (non-hydrogen) atoms. The van der Waals surface area contributed by atoms with E-state index in [2.05, 4.69) is 23.3 Å².